The van der Waals surface area contributed by atoms with Crippen LogP contribution in [0.15, 0.2) is 0 Å². The third kappa shape index (κ3) is 16.1. The highest BCUT2D eigenvalue weighted by atomic mass is 19.1. The van der Waals surface area contributed by atoms with E-state index in [4.69, 9.17) is 9.47 Å². The van der Waals surface area contributed by atoms with Gasteiger partial charge in [0.25, 0.3) is 0 Å². The van der Waals surface area contributed by atoms with Crippen molar-refractivity contribution in [2.45, 2.75) is 79.1 Å². The van der Waals surface area contributed by atoms with E-state index in [2.05, 4.69) is 24.5 Å². The van der Waals surface area contributed by atoms with Gasteiger partial charge in [0.05, 0.1) is 12.1 Å². The van der Waals surface area contributed by atoms with E-state index in [-0.39, 0.29) is 12.5 Å². The summed E-state index contributed by atoms with van der Waals surface area (Å²) in [7, 11) is 0. The Morgan fingerprint density at radius 1 is 1.12 bits per heavy atom. The molecule has 0 fully saturated rings. The Labute approximate surface area is 148 Å². The van der Waals surface area contributed by atoms with Crippen molar-refractivity contribution in [3.8, 4) is 0 Å². The highest BCUT2D eigenvalue weighted by Gasteiger charge is 2.30. The lowest BCUT2D eigenvalue weighted by atomic mass is 10.0. The molecule has 0 aliphatic heterocycles. The Morgan fingerprint density at radius 2 is 1.71 bits per heavy atom. The predicted molar refractivity (Wildman–Crippen MR) is 98.2 cm³/mol. The van der Waals surface area contributed by atoms with Gasteiger partial charge in [-0.25, -0.2) is 4.39 Å². The van der Waals surface area contributed by atoms with E-state index in [0.29, 0.717) is 19.3 Å². The molecule has 2 N–H and O–H groups in total. The molecule has 1 unspecified atom stereocenters. The third-order valence-electron chi connectivity index (χ3n) is 3.21. The lowest BCUT2D eigenvalue weighted by Crippen LogP contribution is -2.43. The normalized spacial score (nSPS) is 12.5. The van der Waals surface area contributed by atoms with Gasteiger partial charge in [-0.1, -0.05) is 27.7 Å². The molecule has 0 aromatic rings. The van der Waals surface area contributed by atoms with Crippen LogP contribution in [0.1, 0.15) is 61.3 Å². The molecule has 1 atom stereocenters. The first-order chi connectivity index (χ1) is 11.3. The first-order valence-electron chi connectivity index (χ1n) is 9.09. The van der Waals surface area contributed by atoms with Gasteiger partial charge in [0, 0.05) is 32.8 Å². The molecular formula is C18H39FN2O3. The Balaban J connectivity index is 0. The van der Waals surface area contributed by atoms with Crippen LogP contribution in [-0.2, 0) is 14.3 Å². The number of ether oxygens (including phenoxy) is 2. The molecule has 0 aliphatic rings. The average Bonchev–Trinajstić information content (AvgIpc) is 2.52. The summed E-state index contributed by atoms with van der Waals surface area (Å²) in [5, 5.41) is 5.79. The zero-order valence-corrected chi connectivity index (χ0v) is 16.7. The zero-order valence-electron chi connectivity index (χ0n) is 16.7. The Bertz CT molecular complexity index is 300. The van der Waals surface area contributed by atoms with Gasteiger partial charge in [-0.2, -0.15) is 0 Å². The molecule has 0 aromatic carbocycles. The minimum absolute atomic E-state index is 0.0261. The van der Waals surface area contributed by atoms with Gasteiger partial charge in [-0.3, -0.25) is 4.79 Å². The van der Waals surface area contributed by atoms with E-state index >= 15 is 0 Å². The second-order valence-electron chi connectivity index (χ2n) is 6.28. The molecule has 0 heterocycles. The minimum atomic E-state index is -1.24. The highest BCUT2D eigenvalue weighted by Crippen LogP contribution is 2.18. The van der Waals surface area contributed by atoms with Crippen LogP contribution in [0.2, 0.25) is 0 Å². The van der Waals surface area contributed by atoms with Gasteiger partial charge in [-0.05, 0) is 33.2 Å². The molecule has 1 amide bonds. The molecule has 0 aliphatic carbocycles. The molecule has 0 saturated carbocycles. The van der Waals surface area contributed by atoms with E-state index < -0.39 is 11.8 Å². The van der Waals surface area contributed by atoms with Crippen LogP contribution in [0, 0.1) is 0 Å². The first kappa shape index (κ1) is 25.5. The van der Waals surface area contributed by atoms with E-state index in [0.717, 1.165) is 26.0 Å². The number of rotatable bonds is 13. The molecule has 146 valence electrons. The van der Waals surface area contributed by atoms with Gasteiger partial charge in [-0.15, -0.1) is 0 Å². The lowest BCUT2D eigenvalue weighted by Gasteiger charge is -2.29. The monoisotopic (exact) mass is 350 g/mol. The average molecular weight is 351 g/mol. The second-order valence-corrected chi connectivity index (χ2v) is 6.28. The zero-order chi connectivity index (χ0) is 19.0. The van der Waals surface area contributed by atoms with Crippen LogP contribution >= 0.6 is 0 Å². The van der Waals surface area contributed by atoms with Crippen molar-refractivity contribution >= 4 is 5.91 Å². The molecule has 0 aromatic heterocycles. The lowest BCUT2D eigenvalue weighted by molar-refractivity contribution is -0.120. The van der Waals surface area contributed by atoms with Gasteiger partial charge in [0.2, 0.25) is 5.91 Å². The Hall–Kier alpha value is -0.720. The van der Waals surface area contributed by atoms with Gasteiger partial charge in [0.1, 0.15) is 6.17 Å². The maximum Gasteiger partial charge on any atom is 0.216 e. The van der Waals surface area contributed by atoms with Crippen LogP contribution in [0.25, 0.3) is 0 Å². The van der Waals surface area contributed by atoms with Gasteiger partial charge in [0.15, 0.2) is 0 Å². The van der Waals surface area contributed by atoms with Crippen molar-refractivity contribution in [1.82, 2.24) is 10.6 Å². The number of amides is 1. The standard InChI is InChI=1S/C16H33FN2O3.C2H6/c1-13(2)18-8-6-9-21-10-7-11-22-16(4,5)15(17)12-19-14(3)20;1-2/h13,15,18H,6-12H2,1-5H3,(H,19,20);1-2H3. The molecule has 0 saturated heterocycles. The van der Waals surface area contributed by atoms with Crippen LogP contribution in [0.4, 0.5) is 4.39 Å². The van der Waals surface area contributed by atoms with Crippen molar-refractivity contribution in [2.24, 2.45) is 0 Å². The summed E-state index contributed by atoms with van der Waals surface area (Å²) >= 11 is 0. The summed E-state index contributed by atoms with van der Waals surface area (Å²) in [5.41, 5.74) is -0.913. The van der Waals surface area contributed by atoms with Crippen LogP contribution in [-0.4, -0.2) is 56.6 Å². The van der Waals surface area contributed by atoms with Crippen molar-refractivity contribution < 1.29 is 18.7 Å². The predicted octanol–water partition coefficient (Wildman–Crippen LogP) is 3.08. The summed E-state index contributed by atoms with van der Waals surface area (Å²) in [6.07, 6.45) is 0.473. The summed E-state index contributed by atoms with van der Waals surface area (Å²) in [6.45, 7) is 15.7. The molecule has 6 heteroatoms. The number of alkyl halides is 1. The first-order valence-corrected chi connectivity index (χ1v) is 9.09. The topological polar surface area (TPSA) is 59.6 Å². The molecular weight excluding hydrogens is 311 g/mol. The fourth-order valence-corrected chi connectivity index (χ4v) is 1.73. The summed E-state index contributed by atoms with van der Waals surface area (Å²) in [4.78, 5) is 10.8. The van der Waals surface area contributed by atoms with Crippen LogP contribution < -0.4 is 10.6 Å². The summed E-state index contributed by atoms with van der Waals surface area (Å²) in [6, 6.07) is 0.502. The van der Waals surface area contributed by atoms with Crippen molar-refractivity contribution in [3.05, 3.63) is 0 Å². The third-order valence-corrected chi connectivity index (χ3v) is 3.21. The number of hydrogen-bond donors (Lipinski definition) is 2. The number of nitrogens with one attached hydrogen (secondary N) is 2. The van der Waals surface area contributed by atoms with Gasteiger partial charge >= 0.3 is 0 Å². The fraction of sp³-hybridized carbons (Fsp3) is 0.944. The van der Waals surface area contributed by atoms with E-state index in [9.17, 15) is 9.18 Å². The van der Waals surface area contributed by atoms with E-state index in [1.807, 2.05) is 13.8 Å². The van der Waals surface area contributed by atoms with Crippen molar-refractivity contribution in [1.29, 1.82) is 0 Å². The number of hydrogen-bond acceptors (Lipinski definition) is 4. The largest absolute Gasteiger partial charge is 0.381 e. The molecule has 0 rings (SSSR count). The maximum atomic E-state index is 13.9. The maximum absolute atomic E-state index is 13.9. The SMILES string of the molecule is CC.CC(=O)NCC(F)C(C)(C)OCCCOCCCNC(C)C. The number of halogens is 1. The van der Waals surface area contributed by atoms with Gasteiger partial charge < -0.3 is 20.1 Å². The summed E-state index contributed by atoms with van der Waals surface area (Å²) < 4.78 is 25.0. The molecule has 0 bridgehead atoms. The molecule has 24 heavy (non-hydrogen) atoms. The van der Waals surface area contributed by atoms with Crippen LogP contribution in [0.3, 0.4) is 0 Å². The number of carbonyl (C=O) groups is 1. The quantitative estimate of drug-likeness (QED) is 0.501. The molecule has 0 spiro atoms. The summed E-state index contributed by atoms with van der Waals surface area (Å²) in [5.74, 6) is -0.237. The highest BCUT2D eigenvalue weighted by molar-refractivity contribution is 5.72. The Morgan fingerprint density at radius 3 is 2.25 bits per heavy atom. The smallest absolute Gasteiger partial charge is 0.216 e. The fourth-order valence-electron chi connectivity index (χ4n) is 1.73. The minimum Gasteiger partial charge on any atom is -0.381 e. The van der Waals surface area contributed by atoms with E-state index in [1.165, 1.54) is 6.92 Å². The van der Waals surface area contributed by atoms with E-state index in [1.54, 1.807) is 13.8 Å². The number of carbonyl (C=O) groups excluding carboxylic acids is 1. The van der Waals surface area contributed by atoms with Crippen molar-refractivity contribution in [3.63, 3.8) is 0 Å². The molecule has 0 radical (unpaired) electrons. The molecule has 5 nitrogen and oxygen atoms in total. The van der Waals surface area contributed by atoms with Crippen LogP contribution in [0.5, 0.6) is 0 Å². The second kappa shape index (κ2) is 15.8. The Kier molecular flexibility index (Phi) is 16.8. The van der Waals surface area contributed by atoms with Crippen molar-refractivity contribution in [2.75, 3.05) is 32.9 Å².